The van der Waals surface area contributed by atoms with E-state index in [1.807, 2.05) is 0 Å². The van der Waals surface area contributed by atoms with Gasteiger partial charge < -0.3 is 19.9 Å². The van der Waals surface area contributed by atoms with Crippen LogP contribution >= 0.6 is 28.3 Å². The summed E-state index contributed by atoms with van der Waals surface area (Å²) in [5.41, 5.74) is 5.55. The maximum absolute atomic E-state index is 14.0. The number of hydrogen-bond donors (Lipinski definition) is 1. The van der Waals surface area contributed by atoms with Gasteiger partial charge in [0, 0.05) is 4.47 Å². The quantitative estimate of drug-likeness (QED) is 0.738. The average molecular weight is 405 g/mol. The van der Waals surface area contributed by atoms with E-state index in [0.29, 0.717) is 5.75 Å². The Balaban J connectivity index is 0.00000441. The van der Waals surface area contributed by atoms with Crippen molar-refractivity contribution >= 4 is 34.3 Å². The van der Waals surface area contributed by atoms with Crippen molar-refractivity contribution in [1.29, 1.82) is 0 Å². The largest absolute Gasteiger partial charge is 0.493 e. The molecule has 0 saturated heterocycles. The van der Waals surface area contributed by atoms with Gasteiger partial charge in [-0.2, -0.15) is 8.78 Å². The van der Waals surface area contributed by atoms with Gasteiger partial charge in [-0.1, -0.05) is 15.9 Å². The minimum absolute atomic E-state index is 0. The molecule has 0 aliphatic heterocycles. The zero-order valence-electron chi connectivity index (χ0n) is 12.2. The summed E-state index contributed by atoms with van der Waals surface area (Å²) < 4.78 is 42.7. The van der Waals surface area contributed by atoms with Gasteiger partial charge in [0.1, 0.15) is 6.04 Å². The average Bonchev–Trinajstić information content (AvgIpc) is 2.46. The van der Waals surface area contributed by atoms with E-state index in [4.69, 9.17) is 15.2 Å². The molecule has 1 aromatic carbocycles. The molecule has 0 unspecified atom stereocenters. The van der Waals surface area contributed by atoms with Crippen LogP contribution in [0.4, 0.5) is 8.78 Å². The Morgan fingerprint density at radius 2 is 1.82 bits per heavy atom. The first-order valence-corrected chi connectivity index (χ1v) is 6.80. The molecule has 0 amide bonds. The van der Waals surface area contributed by atoms with Gasteiger partial charge in [-0.3, -0.25) is 0 Å². The third-order valence-electron chi connectivity index (χ3n) is 2.78. The summed E-state index contributed by atoms with van der Waals surface area (Å²) >= 11 is 3.13. The lowest BCUT2D eigenvalue weighted by Gasteiger charge is -2.23. The number of carbonyl (C=O) groups excluding carboxylic acids is 1. The van der Waals surface area contributed by atoms with Crippen molar-refractivity contribution in [3.8, 4) is 11.5 Å². The number of halogens is 4. The molecule has 5 nitrogen and oxygen atoms in total. The number of esters is 1. The third-order valence-corrected chi connectivity index (χ3v) is 3.46. The molecule has 0 fully saturated rings. The summed E-state index contributed by atoms with van der Waals surface area (Å²) in [6.07, 6.45) is 0. The number of hydrogen-bond acceptors (Lipinski definition) is 5. The van der Waals surface area contributed by atoms with Gasteiger partial charge in [0.25, 0.3) is 0 Å². The monoisotopic (exact) mass is 403 g/mol. The van der Waals surface area contributed by atoms with E-state index in [1.165, 1.54) is 33.3 Å². The van der Waals surface area contributed by atoms with Crippen LogP contribution in [0.15, 0.2) is 16.6 Å². The number of alkyl halides is 2. The SMILES string of the molecule is CCOC(=O)C(F)(F)[C@H](N)c1cc(OC)c(OC)cc1Br.Cl. The Morgan fingerprint density at radius 1 is 1.32 bits per heavy atom. The predicted molar refractivity (Wildman–Crippen MR) is 83.0 cm³/mol. The molecule has 0 aromatic heterocycles. The highest BCUT2D eigenvalue weighted by Crippen LogP contribution is 2.40. The normalized spacial score (nSPS) is 12.1. The third kappa shape index (κ3) is 4.21. The Bertz CT molecular complexity index is 531. The number of nitrogens with two attached hydrogens (primary N) is 1. The second-order valence-electron chi connectivity index (χ2n) is 4.05. The summed E-state index contributed by atoms with van der Waals surface area (Å²) in [6.45, 7) is 1.28. The number of rotatable bonds is 6. The summed E-state index contributed by atoms with van der Waals surface area (Å²) in [5, 5.41) is 0. The highest BCUT2D eigenvalue weighted by molar-refractivity contribution is 9.10. The van der Waals surface area contributed by atoms with Gasteiger partial charge in [0.05, 0.1) is 20.8 Å². The van der Waals surface area contributed by atoms with Gasteiger partial charge in [0.15, 0.2) is 11.5 Å². The van der Waals surface area contributed by atoms with E-state index in [0.717, 1.165) is 0 Å². The standard InChI is InChI=1S/C13H16BrF2NO4.ClH/c1-4-21-12(18)13(15,16)11(17)7-5-9(19-2)10(20-3)6-8(7)14;/h5-6,11H,4,17H2,1-3H3;1H/t11-;/m1./s1. The van der Waals surface area contributed by atoms with Crippen LogP contribution in [-0.2, 0) is 9.53 Å². The molecule has 2 N–H and O–H groups in total. The molecule has 22 heavy (non-hydrogen) atoms. The summed E-state index contributed by atoms with van der Waals surface area (Å²) in [4.78, 5) is 11.3. The first kappa shape index (κ1) is 20.9. The van der Waals surface area contributed by atoms with Crippen molar-refractivity contribution in [1.82, 2.24) is 0 Å². The molecule has 0 aliphatic carbocycles. The maximum Gasteiger partial charge on any atom is 0.379 e. The van der Waals surface area contributed by atoms with Gasteiger partial charge in [-0.25, -0.2) is 4.79 Å². The highest BCUT2D eigenvalue weighted by atomic mass is 79.9. The van der Waals surface area contributed by atoms with E-state index in [-0.39, 0.29) is 34.8 Å². The lowest BCUT2D eigenvalue weighted by molar-refractivity contribution is -0.174. The molecule has 0 radical (unpaired) electrons. The fourth-order valence-corrected chi connectivity index (χ4v) is 2.23. The topological polar surface area (TPSA) is 70.8 Å². The molecule has 0 aliphatic rings. The fourth-order valence-electron chi connectivity index (χ4n) is 1.66. The van der Waals surface area contributed by atoms with Gasteiger partial charge in [-0.15, -0.1) is 12.4 Å². The Morgan fingerprint density at radius 3 is 2.27 bits per heavy atom. The van der Waals surface area contributed by atoms with Crippen molar-refractivity contribution in [3.63, 3.8) is 0 Å². The van der Waals surface area contributed by atoms with Gasteiger partial charge in [-0.05, 0) is 24.6 Å². The van der Waals surface area contributed by atoms with E-state index in [2.05, 4.69) is 20.7 Å². The van der Waals surface area contributed by atoms with Crippen molar-refractivity contribution in [3.05, 3.63) is 22.2 Å². The molecule has 0 bridgehead atoms. The summed E-state index contributed by atoms with van der Waals surface area (Å²) in [6, 6.07) is 0.849. The van der Waals surface area contributed by atoms with E-state index in [9.17, 15) is 13.6 Å². The lowest BCUT2D eigenvalue weighted by atomic mass is 10.0. The van der Waals surface area contributed by atoms with Crippen molar-refractivity contribution < 1.29 is 27.8 Å². The van der Waals surface area contributed by atoms with Crippen molar-refractivity contribution in [2.45, 2.75) is 18.9 Å². The van der Waals surface area contributed by atoms with Gasteiger partial charge >= 0.3 is 11.9 Å². The van der Waals surface area contributed by atoms with Crippen LogP contribution in [0.3, 0.4) is 0 Å². The lowest BCUT2D eigenvalue weighted by Crippen LogP contribution is -2.41. The first-order chi connectivity index (χ1) is 9.79. The Kier molecular flexibility index (Phi) is 8.06. The Labute approximate surface area is 141 Å². The number of methoxy groups -OCH3 is 2. The number of benzene rings is 1. The van der Waals surface area contributed by atoms with Crippen LogP contribution in [0.25, 0.3) is 0 Å². The fraction of sp³-hybridized carbons (Fsp3) is 0.462. The molecule has 0 spiro atoms. The first-order valence-electron chi connectivity index (χ1n) is 6.01. The molecule has 1 rings (SSSR count). The molecule has 0 saturated carbocycles. The zero-order chi connectivity index (χ0) is 16.2. The summed E-state index contributed by atoms with van der Waals surface area (Å²) in [7, 11) is 2.78. The van der Waals surface area contributed by atoms with Crippen LogP contribution in [0.2, 0.25) is 0 Å². The molecule has 0 heterocycles. The zero-order valence-corrected chi connectivity index (χ0v) is 14.6. The Hall–Kier alpha value is -1.12. The second-order valence-corrected chi connectivity index (χ2v) is 4.90. The van der Waals surface area contributed by atoms with Crippen molar-refractivity contribution in [2.75, 3.05) is 20.8 Å². The highest BCUT2D eigenvalue weighted by Gasteiger charge is 2.48. The predicted octanol–water partition coefficient (Wildman–Crippen LogP) is 3.09. The van der Waals surface area contributed by atoms with Crippen LogP contribution in [0.5, 0.6) is 11.5 Å². The van der Waals surface area contributed by atoms with Crippen LogP contribution < -0.4 is 15.2 Å². The smallest absolute Gasteiger partial charge is 0.379 e. The van der Waals surface area contributed by atoms with Gasteiger partial charge in [0.2, 0.25) is 0 Å². The molecule has 9 heteroatoms. The minimum Gasteiger partial charge on any atom is -0.493 e. The summed E-state index contributed by atoms with van der Waals surface area (Å²) in [5.74, 6) is -4.96. The van der Waals surface area contributed by atoms with E-state index in [1.54, 1.807) is 0 Å². The molecule has 1 aromatic rings. The number of carbonyl (C=O) groups is 1. The molecular formula is C13H17BrClF2NO4. The van der Waals surface area contributed by atoms with E-state index < -0.39 is 17.9 Å². The van der Waals surface area contributed by atoms with E-state index >= 15 is 0 Å². The molecule has 1 atom stereocenters. The molecule has 126 valence electrons. The molecular weight excluding hydrogens is 387 g/mol. The van der Waals surface area contributed by atoms with Crippen LogP contribution in [0, 0.1) is 0 Å². The minimum atomic E-state index is -3.86. The van der Waals surface area contributed by atoms with Crippen LogP contribution in [-0.4, -0.2) is 32.7 Å². The van der Waals surface area contributed by atoms with Crippen molar-refractivity contribution in [2.24, 2.45) is 5.73 Å². The second kappa shape index (κ2) is 8.50. The number of ether oxygens (including phenoxy) is 3. The maximum atomic E-state index is 14.0. The van der Waals surface area contributed by atoms with Crippen LogP contribution in [0.1, 0.15) is 18.5 Å².